The van der Waals surface area contributed by atoms with Gasteiger partial charge in [-0.05, 0) is 0 Å². The zero-order valence-corrected chi connectivity index (χ0v) is 10.3. The Hall–Kier alpha value is 1.70. The van der Waals surface area contributed by atoms with Crippen molar-refractivity contribution < 1.29 is 20.4 Å². The van der Waals surface area contributed by atoms with Gasteiger partial charge in [0.1, 0.15) is 0 Å². The average molecular weight is 372 g/mol. The van der Waals surface area contributed by atoms with Crippen LogP contribution < -0.4 is 0 Å². The Morgan fingerprint density at radius 2 is 1.56 bits per heavy atom. The van der Waals surface area contributed by atoms with Crippen molar-refractivity contribution in [3.05, 3.63) is 0 Å². The molecule has 1 saturated heterocycles. The number of rotatable bonds is 0. The summed E-state index contributed by atoms with van der Waals surface area (Å²) in [6, 6.07) is 0. The molecule has 0 aliphatic carbocycles. The van der Waals surface area contributed by atoms with E-state index in [0.29, 0.717) is 0 Å². The summed E-state index contributed by atoms with van der Waals surface area (Å²) in [6.45, 7) is 0. The van der Waals surface area contributed by atoms with Crippen LogP contribution in [0.2, 0.25) is 0 Å². The van der Waals surface area contributed by atoms with E-state index in [1.165, 1.54) is 0 Å². The summed E-state index contributed by atoms with van der Waals surface area (Å²) < 4.78 is 31.0. The summed E-state index contributed by atoms with van der Waals surface area (Å²) in [5.41, 5.74) is 0. The van der Waals surface area contributed by atoms with E-state index in [1.807, 2.05) is 0 Å². The van der Waals surface area contributed by atoms with Crippen molar-refractivity contribution in [1.82, 2.24) is 0 Å². The Morgan fingerprint density at radius 3 is 1.78 bits per heavy atom. The molecule has 0 aromatic carbocycles. The van der Waals surface area contributed by atoms with Gasteiger partial charge in [-0.2, -0.15) is 0 Å². The molecular weight excluding hydrogens is 368 g/mol. The van der Waals surface area contributed by atoms with Gasteiger partial charge in [-0.15, -0.1) is 0 Å². The predicted molar refractivity (Wildman–Crippen MR) is 28.6 cm³/mol. The van der Waals surface area contributed by atoms with Gasteiger partial charge in [0.05, 0.1) is 0 Å². The summed E-state index contributed by atoms with van der Waals surface area (Å²) >= 11 is -6.08. The third-order valence-corrected chi connectivity index (χ3v) is 11.0. The minimum atomic E-state index is -2.45. The molecule has 1 rings (SSSR count). The summed E-state index contributed by atoms with van der Waals surface area (Å²) in [4.78, 5) is 0. The van der Waals surface area contributed by atoms with Crippen LogP contribution in [0, 0.1) is 0 Å². The molecule has 1 fully saturated rings. The van der Waals surface area contributed by atoms with Gasteiger partial charge in [0, 0.05) is 0 Å². The molecule has 9 heavy (non-hydrogen) atoms. The Balaban J connectivity index is 0.000000640. The van der Waals surface area contributed by atoms with E-state index < -0.39 is 53.8 Å². The second kappa shape index (κ2) is 5.36. The first-order valence-corrected chi connectivity index (χ1v) is 8.32. The zero-order chi connectivity index (χ0) is 5.98. The molecule has 2 atom stereocenters. The maximum absolute atomic E-state index is 8.61. The molecule has 1 aliphatic heterocycles. The van der Waals surface area contributed by atoms with E-state index in [9.17, 15) is 0 Å². The van der Waals surface area contributed by atoms with Crippen LogP contribution in [0.5, 0.6) is 0 Å². The molecule has 0 spiro atoms. The SMILES string of the molecule is O.O[As]1[O][Sb][O][As](O)O1. The van der Waals surface area contributed by atoms with Crippen LogP contribution in [0.4, 0.5) is 0 Å². The Kier molecular flexibility index (Phi) is 6.37. The summed E-state index contributed by atoms with van der Waals surface area (Å²) in [7, 11) is 0. The molecule has 1 aliphatic rings. The molecule has 0 bridgehead atoms. The number of hydrogen-bond acceptors (Lipinski definition) is 5. The normalized spacial score (nSPS) is 35.3. The van der Waals surface area contributed by atoms with E-state index in [0.717, 1.165) is 0 Å². The molecule has 4 N–H and O–H groups in total. The van der Waals surface area contributed by atoms with Crippen LogP contribution in [-0.2, 0) is 6.72 Å². The predicted octanol–water partition coefficient (Wildman–Crippen LogP) is -3.29. The zero-order valence-electron chi connectivity index (χ0n) is 3.96. The summed E-state index contributed by atoms with van der Waals surface area (Å²) in [6.07, 6.45) is 0. The molecular formula is H4As2O6Sb. The molecule has 0 aromatic heterocycles. The molecule has 0 saturated carbocycles. The van der Waals surface area contributed by atoms with E-state index in [4.69, 9.17) is 8.19 Å². The maximum atomic E-state index is 8.61. The molecule has 9 heteroatoms. The average Bonchev–Trinajstić information content (AvgIpc) is 1.64. The van der Waals surface area contributed by atoms with Crippen molar-refractivity contribution in [3.8, 4) is 0 Å². The molecule has 2 unspecified atom stereocenters. The fourth-order valence-electron chi connectivity index (χ4n) is 0.162. The first-order chi connectivity index (χ1) is 3.79. The van der Waals surface area contributed by atoms with Gasteiger partial charge in [-0.1, -0.05) is 0 Å². The van der Waals surface area contributed by atoms with Crippen LogP contribution in [0.15, 0.2) is 0 Å². The van der Waals surface area contributed by atoms with E-state index in [-0.39, 0.29) is 5.48 Å². The molecule has 1 heterocycles. The topological polar surface area (TPSA) is 99.7 Å². The van der Waals surface area contributed by atoms with E-state index >= 15 is 0 Å². The van der Waals surface area contributed by atoms with Crippen LogP contribution in [0.1, 0.15) is 0 Å². The van der Waals surface area contributed by atoms with Crippen LogP contribution in [-0.4, -0.2) is 67.5 Å². The first kappa shape index (κ1) is 10.7. The van der Waals surface area contributed by atoms with Crippen molar-refractivity contribution >= 4 is 53.8 Å². The fraction of sp³-hybridized carbons (Fsp3) is 0. The third kappa shape index (κ3) is 4.20. The Labute approximate surface area is 73.7 Å². The molecule has 1 radical (unpaired) electrons. The number of hydrogen-bond donors (Lipinski definition) is 2. The van der Waals surface area contributed by atoms with Crippen LogP contribution in [0.3, 0.4) is 0 Å². The molecule has 55 valence electrons. The van der Waals surface area contributed by atoms with Crippen LogP contribution in [0.25, 0.3) is 0 Å². The van der Waals surface area contributed by atoms with Crippen molar-refractivity contribution in [1.29, 1.82) is 0 Å². The van der Waals surface area contributed by atoms with E-state index in [1.54, 1.807) is 0 Å². The summed E-state index contributed by atoms with van der Waals surface area (Å²) in [5.74, 6) is 0. The molecule has 0 aromatic rings. The summed E-state index contributed by atoms with van der Waals surface area (Å²) in [5, 5.41) is 0. The minimum absolute atomic E-state index is 0. The van der Waals surface area contributed by atoms with Gasteiger partial charge in [0.25, 0.3) is 0 Å². The van der Waals surface area contributed by atoms with Crippen molar-refractivity contribution in [2.75, 3.05) is 0 Å². The molecule has 6 nitrogen and oxygen atoms in total. The van der Waals surface area contributed by atoms with Gasteiger partial charge in [-0.25, -0.2) is 0 Å². The van der Waals surface area contributed by atoms with Gasteiger partial charge in [-0.3, -0.25) is 0 Å². The Morgan fingerprint density at radius 1 is 1.11 bits per heavy atom. The van der Waals surface area contributed by atoms with Crippen molar-refractivity contribution in [2.45, 2.75) is 0 Å². The first-order valence-electron chi connectivity index (χ1n) is 1.50. The van der Waals surface area contributed by atoms with Crippen molar-refractivity contribution in [3.63, 3.8) is 0 Å². The van der Waals surface area contributed by atoms with Crippen LogP contribution >= 0.6 is 0 Å². The second-order valence-electron chi connectivity index (χ2n) is 0.795. The standard InChI is InChI=1S/As2H2O5.H2O.Sb/c3-1(4)7-2(5)6;;/h3,5H;1H2;/q-2;;+2. The molecule has 0 amide bonds. The fourth-order valence-corrected chi connectivity index (χ4v) is 11.7. The van der Waals surface area contributed by atoms with Gasteiger partial charge in [0.15, 0.2) is 0 Å². The van der Waals surface area contributed by atoms with Gasteiger partial charge < -0.3 is 5.48 Å². The monoisotopic (exact) mass is 371 g/mol. The van der Waals surface area contributed by atoms with Crippen molar-refractivity contribution in [2.24, 2.45) is 0 Å². The van der Waals surface area contributed by atoms with E-state index in [2.05, 4.69) is 6.72 Å². The quantitative estimate of drug-likeness (QED) is 0.435. The third-order valence-electron chi connectivity index (χ3n) is 0.346. The second-order valence-corrected chi connectivity index (χ2v) is 10.9. The Bertz CT molecular complexity index is 69.5. The van der Waals surface area contributed by atoms with Gasteiger partial charge >= 0.3 is 68.7 Å². The van der Waals surface area contributed by atoms with Gasteiger partial charge in [0.2, 0.25) is 0 Å².